The van der Waals surface area contributed by atoms with E-state index in [0.717, 1.165) is 17.2 Å². The number of para-hydroxylation sites is 1. The van der Waals surface area contributed by atoms with Gasteiger partial charge < -0.3 is 5.11 Å². The van der Waals surface area contributed by atoms with Crippen molar-refractivity contribution in [1.29, 1.82) is 0 Å². The standard InChI is InChI=1S/C14H12F3N3O2/c1-9(12(21)22)20(10-5-3-2-4-6-10)13-18-8-7-11(19-13)14(15,16)17/h2-9H,1H3,(H,21,22). The van der Waals surface area contributed by atoms with E-state index >= 15 is 0 Å². The molecule has 0 spiro atoms. The zero-order chi connectivity index (χ0) is 16.3. The van der Waals surface area contributed by atoms with Crippen LogP contribution in [0.2, 0.25) is 0 Å². The molecular weight excluding hydrogens is 299 g/mol. The van der Waals surface area contributed by atoms with E-state index in [1.54, 1.807) is 30.3 Å². The number of hydrogen-bond acceptors (Lipinski definition) is 4. The number of rotatable bonds is 4. The Kier molecular flexibility index (Phi) is 4.30. The molecule has 1 N–H and O–H groups in total. The van der Waals surface area contributed by atoms with Gasteiger partial charge in [-0.15, -0.1) is 0 Å². The summed E-state index contributed by atoms with van der Waals surface area (Å²) in [4.78, 5) is 19.6. The minimum atomic E-state index is -4.63. The van der Waals surface area contributed by atoms with E-state index in [1.165, 1.54) is 6.92 Å². The Balaban J connectivity index is 2.53. The van der Waals surface area contributed by atoms with Crippen molar-refractivity contribution >= 4 is 17.6 Å². The third-order valence-corrected chi connectivity index (χ3v) is 2.93. The van der Waals surface area contributed by atoms with Gasteiger partial charge in [0.25, 0.3) is 0 Å². The molecular formula is C14H12F3N3O2. The molecule has 0 fully saturated rings. The van der Waals surface area contributed by atoms with Gasteiger partial charge in [0.2, 0.25) is 5.95 Å². The summed E-state index contributed by atoms with van der Waals surface area (Å²) in [5.74, 6) is -1.53. The van der Waals surface area contributed by atoms with Crippen molar-refractivity contribution in [3.05, 3.63) is 48.3 Å². The smallest absolute Gasteiger partial charge is 0.433 e. The maximum atomic E-state index is 12.8. The van der Waals surface area contributed by atoms with Crippen molar-refractivity contribution < 1.29 is 23.1 Å². The Bertz CT molecular complexity index is 662. The molecule has 8 heteroatoms. The van der Waals surface area contributed by atoms with Gasteiger partial charge in [0, 0.05) is 11.9 Å². The van der Waals surface area contributed by atoms with Gasteiger partial charge in [-0.2, -0.15) is 13.2 Å². The number of alkyl halides is 3. The molecule has 116 valence electrons. The number of carboxylic acids is 1. The largest absolute Gasteiger partial charge is 0.480 e. The zero-order valence-electron chi connectivity index (χ0n) is 11.4. The first-order valence-electron chi connectivity index (χ1n) is 6.28. The topological polar surface area (TPSA) is 66.3 Å². The number of aliphatic carboxylic acids is 1. The number of anilines is 2. The monoisotopic (exact) mass is 311 g/mol. The molecule has 1 aromatic carbocycles. The summed E-state index contributed by atoms with van der Waals surface area (Å²) in [5, 5.41) is 9.18. The molecule has 5 nitrogen and oxygen atoms in total. The second kappa shape index (κ2) is 6.00. The minimum absolute atomic E-state index is 0.323. The highest BCUT2D eigenvalue weighted by Crippen LogP contribution is 2.30. The van der Waals surface area contributed by atoms with Crippen LogP contribution in [0.4, 0.5) is 24.8 Å². The van der Waals surface area contributed by atoms with E-state index in [1.807, 2.05) is 0 Å². The molecule has 0 radical (unpaired) electrons. The van der Waals surface area contributed by atoms with E-state index in [9.17, 15) is 23.1 Å². The van der Waals surface area contributed by atoms with Crippen molar-refractivity contribution in [2.24, 2.45) is 0 Å². The maximum absolute atomic E-state index is 12.8. The zero-order valence-corrected chi connectivity index (χ0v) is 11.4. The molecule has 22 heavy (non-hydrogen) atoms. The highest BCUT2D eigenvalue weighted by Gasteiger charge is 2.34. The van der Waals surface area contributed by atoms with Gasteiger partial charge in [-0.3, -0.25) is 4.90 Å². The molecule has 1 unspecified atom stereocenters. The average Bonchev–Trinajstić information content (AvgIpc) is 2.48. The summed E-state index contributed by atoms with van der Waals surface area (Å²) in [6.45, 7) is 1.35. The van der Waals surface area contributed by atoms with Crippen molar-refractivity contribution in [2.75, 3.05) is 4.90 Å². The van der Waals surface area contributed by atoms with Crippen LogP contribution in [0, 0.1) is 0 Å². The van der Waals surface area contributed by atoms with E-state index < -0.39 is 23.9 Å². The van der Waals surface area contributed by atoms with Gasteiger partial charge in [0.15, 0.2) is 0 Å². The molecule has 1 heterocycles. The number of benzene rings is 1. The normalized spacial score (nSPS) is 12.7. The van der Waals surface area contributed by atoms with Crippen molar-refractivity contribution in [3.8, 4) is 0 Å². The lowest BCUT2D eigenvalue weighted by molar-refractivity contribution is -0.141. The minimum Gasteiger partial charge on any atom is -0.480 e. The Morgan fingerprint density at radius 3 is 2.41 bits per heavy atom. The predicted molar refractivity (Wildman–Crippen MR) is 72.7 cm³/mol. The average molecular weight is 311 g/mol. The van der Waals surface area contributed by atoms with Crippen molar-refractivity contribution in [1.82, 2.24) is 9.97 Å². The highest BCUT2D eigenvalue weighted by atomic mass is 19.4. The molecule has 1 aromatic heterocycles. The van der Waals surface area contributed by atoms with Crippen LogP contribution in [0.15, 0.2) is 42.6 Å². The Hall–Kier alpha value is -2.64. The summed E-state index contributed by atoms with van der Waals surface area (Å²) < 4.78 is 38.3. The fourth-order valence-corrected chi connectivity index (χ4v) is 1.83. The quantitative estimate of drug-likeness (QED) is 0.940. The van der Waals surface area contributed by atoms with Crippen LogP contribution in [-0.2, 0) is 11.0 Å². The number of hydrogen-bond donors (Lipinski definition) is 1. The van der Waals surface area contributed by atoms with Crippen molar-refractivity contribution in [3.63, 3.8) is 0 Å². The summed E-state index contributed by atoms with van der Waals surface area (Å²) in [5.41, 5.74) is -0.743. The number of halogens is 3. The fraction of sp³-hybridized carbons (Fsp3) is 0.214. The molecule has 0 amide bonds. The molecule has 0 saturated heterocycles. The van der Waals surface area contributed by atoms with Crippen LogP contribution in [-0.4, -0.2) is 27.1 Å². The van der Waals surface area contributed by atoms with Crippen LogP contribution in [0.3, 0.4) is 0 Å². The SMILES string of the molecule is CC(C(=O)O)N(c1ccccc1)c1nccc(C(F)(F)F)n1. The Morgan fingerprint density at radius 1 is 1.23 bits per heavy atom. The third-order valence-electron chi connectivity index (χ3n) is 2.93. The molecule has 0 bridgehead atoms. The third kappa shape index (κ3) is 3.33. The number of aromatic nitrogens is 2. The number of carboxylic acid groups (broad SMARTS) is 1. The molecule has 0 aliphatic carbocycles. The molecule has 0 aliphatic heterocycles. The van der Waals surface area contributed by atoms with Gasteiger partial charge in [-0.05, 0) is 25.1 Å². The molecule has 0 aliphatic rings. The van der Waals surface area contributed by atoms with Crippen LogP contribution < -0.4 is 4.90 Å². The molecule has 2 rings (SSSR count). The van der Waals surface area contributed by atoms with Gasteiger partial charge in [-0.25, -0.2) is 14.8 Å². The van der Waals surface area contributed by atoms with Gasteiger partial charge >= 0.3 is 12.1 Å². The lowest BCUT2D eigenvalue weighted by Crippen LogP contribution is -2.36. The first kappa shape index (κ1) is 15.7. The number of nitrogens with zero attached hydrogens (tertiary/aromatic N) is 3. The second-order valence-corrected chi connectivity index (χ2v) is 4.46. The number of carbonyl (C=O) groups is 1. The lowest BCUT2D eigenvalue weighted by atomic mass is 10.2. The van der Waals surface area contributed by atoms with Crippen molar-refractivity contribution in [2.45, 2.75) is 19.1 Å². The summed E-state index contributed by atoms with van der Waals surface area (Å²) >= 11 is 0. The fourth-order valence-electron chi connectivity index (χ4n) is 1.83. The van der Waals surface area contributed by atoms with E-state index in [-0.39, 0.29) is 5.95 Å². The van der Waals surface area contributed by atoms with E-state index in [0.29, 0.717) is 5.69 Å². The van der Waals surface area contributed by atoms with E-state index in [2.05, 4.69) is 9.97 Å². The van der Waals surface area contributed by atoms with Gasteiger partial charge in [0.1, 0.15) is 11.7 Å². The van der Waals surface area contributed by atoms with E-state index in [4.69, 9.17) is 0 Å². The summed E-state index contributed by atoms with van der Waals surface area (Å²) in [7, 11) is 0. The van der Waals surface area contributed by atoms with Crippen LogP contribution in [0.25, 0.3) is 0 Å². The predicted octanol–water partition coefficient (Wildman–Crippen LogP) is 3.11. The first-order valence-corrected chi connectivity index (χ1v) is 6.28. The second-order valence-electron chi connectivity index (χ2n) is 4.46. The Morgan fingerprint density at radius 2 is 1.86 bits per heavy atom. The lowest BCUT2D eigenvalue weighted by Gasteiger charge is -2.26. The molecule has 1 atom stereocenters. The molecule has 2 aromatic rings. The highest BCUT2D eigenvalue weighted by molar-refractivity contribution is 5.80. The van der Waals surface area contributed by atoms with Gasteiger partial charge in [-0.1, -0.05) is 18.2 Å². The maximum Gasteiger partial charge on any atom is 0.433 e. The first-order chi connectivity index (χ1) is 10.3. The summed E-state index contributed by atoms with van der Waals surface area (Å²) in [6, 6.07) is 7.74. The van der Waals surface area contributed by atoms with Crippen LogP contribution in [0.1, 0.15) is 12.6 Å². The molecule has 0 saturated carbocycles. The van der Waals surface area contributed by atoms with Crippen LogP contribution >= 0.6 is 0 Å². The van der Waals surface area contributed by atoms with Crippen LogP contribution in [0.5, 0.6) is 0 Å². The Labute approximate surface area is 124 Å². The van der Waals surface area contributed by atoms with Gasteiger partial charge in [0.05, 0.1) is 0 Å². The summed E-state index contributed by atoms with van der Waals surface area (Å²) in [6.07, 6.45) is -3.68.